The molecule has 1 aromatic carbocycles. The van der Waals surface area contributed by atoms with Gasteiger partial charge in [0.05, 0.1) is 6.10 Å². The Kier molecular flexibility index (Phi) is 4.37. The number of rotatable bonds is 3. The highest BCUT2D eigenvalue weighted by molar-refractivity contribution is 6.30. The van der Waals surface area contributed by atoms with Crippen LogP contribution in [0.25, 0.3) is 0 Å². The number of halogens is 2. The van der Waals surface area contributed by atoms with Gasteiger partial charge in [0, 0.05) is 17.7 Å². The zero-order valence-electron chi connectivity index (χ0n) is 9.66. The van der Waals surface area contributed by atoms with Crippen LogP contribution < -0.4 is 5.73 Å². The molecule has 0 aliphatic carbocycles. The van der Waals surface area contributed by atoms with Gasteiger partial charge in [0.2, 0.25) is 0 Å². The van der Waals surface area contributed by atoms with Gasteiger partial charge in [-0.3, -0.25) is 0 Å². The summed E-state index contributed by atoms with van der Waals surface area (Å²) in [6.07, 6.45) is 3.75. The summed E-state index contributed by atoms with van der Waals surface area (Å²) < 4.78 is 19.2. The van der Waals surface area contributed by atoms with Gasteiger partial charge in [0.15, 0.2) is 0 Å². The van der Waals surface area contributed by atoms with Gasteiger partial charge in [-0.1, -0.05) is 17.7 Å². The summed E-state index contributed by atoms with van der Waals surface area (Å²) in [6.45, 7) is 0.765. The molecule has 1 fully saturated rings. The number of benzene rings is 1. The second-order valence-electron chi connectivity index (χ2n) is 4.51. The molecular weight excluding hydrogens is 241 g/mol. The number of ether oxygens (including phenoxy) is 1. The average molecular weight is 258 g/mol. The molecule has 1 aliphatic heterocycles. The van der Waals surface area contributed by atoms with Gasteiger partial charge in [-0.2, -0.15) is 0 Å². The fourth-order valence-corrected chi connectivity index (χ4v) is 2.33. The summed E-state index contributed by atoms with van der Waals surface area (Å²) in [6, 6.07) is 4.56. The van der Waals surface area contributed by atoms with Crippen molar-refractivity contribution in [3.05, 3.63) is 34.6 Å². The lowest BCUT2D eigenvalue weighted by Gasteiger charge is -2.28. The molecule has 0 spiro atoms. The van der Waals surface area contributed by atoms with E-state index in [0.717, 1.165) is 25.9 Å². The van der Waals surface area contributed by atoms with Crippen LogP contribution in [0.3, 0.4) is 0 Å². The molecule has 0 amide bonds. The molecule has 1 aliphatic rings. The topological polar surface area (TPSA) is 35.2 Å². The van der Waals surface area contributed by atoms with Gasteiger partial charge < -0.3 is 10.5 Å². The van der Waals surface area contributed by atoms with Gasteiger partial charge >= 0.3 is 0 Å². The van der Waals surface area contributed by atoms with Crippen molar-refractivity contribution in [1.82, 2.24) is 0 Å². The van der Waals surface area contributed by atoms with E-state index in [9.17, 15) is 4.39 Å². The quantitative estimate of drug-likeness (QED) is 0.904. The van der Waals surface area contributed by atoms with Gasteiger partial charge in [0.1, 0.15) is 5.82 Å². The van der Waals surface area contributed by atoms with E-state index >= 15 is 0 Å². The third-order valence-electron chi connectivity index (χ3n) is 3.16. The van der Waals surface area contributed by atoms with Crippen LogP contribution in [0.2, 0.25) is 5.02 Å². The summed E-state index contributed by atoms with van der Waals surface area (Å²) in [7, 11) is 0. The van der Waals surface area contributed by atoms with E-state index in [2.05, 4.69) is 0 Å². The Morgan fingerprint density at radius 2 is 2.29 bits per heavy atom. The van der Waals surface area contributed by atoms with Crippen LogP contribution in [-0.4, -0.2) is 18.8 Å². The van der Waals surface area contributed by atoms with Crippen molar-refractivity contribution < 1.29 is 9.13 Å². The minimum Gasteiger partial charge on any atom is -0.377 e. The fraction of sp³-hybridized carbons (Fsp3) is 0.538. The molecule has 0 bridgehead atoms. The van der Waals surface area contributed by atoms with Crippen LogP contribution in [0.5, 0.6) is 0 Å². The van der Waals surface area contributed by atoms with Crippen molar-refractivity contribution in [2.24, 2.45) is 5.73 Å². The van der Waals surface area contributed by atoms with E-state index in [1.54, 1.807) is 12.1 Å². The summed E-state index contributed by atoms with van der Waals surface area (Å²) in [5.74, 6) is -0.288. The number of nitrogens with two attached hydrogens (primary N) is 1. The maximum atomic E-state index is 13.6. The Balaban J connectivity index is 1.99. The summed E-state index contributed by atoms with van der Waals surface area (Å²) in [5.41, 5.74) is 6.67. The molecular formula is C13H17ClFNO. The smallest absolute Gasteiger partial charge is 0.127 e. The van der Waals surface area contributed by atoms with Crippen LogP contribution in [0.15, 0.2) is 18.2 Å². The van der Waals surface area contributed by atoms with Crippen LogP contribution in [0.1, 0.15) is 24.8 Å². The molecule has 2 rings (SSSR count). The molecule has 17 heavy (non-hydrogen) atoms. The Morgan fingerprint density at radius 3 is 2.94 bits per heavy atom. The van der Waals surface area contributed by atoms with Gasteiger partial charge in [0.25, 0.3) is 0 Å². The van der Waals surface area contributed by atoms with Gasteiger partial charge in [-0.05, 0) is 43.4 Å². The maximum absolute atomic E-state index is 13.6. The third kappa shape index (κ3) is 3.41. The summed E-state index contributed by atoms with van der Waals surface area (Å²) in [4.78, 5) is 0. The van der Waals surface area contributed by atoms with Crippen molar-refractivity contribution in [2.75, 3.05) is 6.61 Å². The van der Waals surface area contributed by atoms with Crippen molar-refractivity contribution in [3.8, 4) is 0 Å². The molecule has 2 nitrogen and oxygen atoms in total. The molecule has 4 heteroatoms. The highest BCUT2D eigenvalue weighted by atomic mass is 35.5. The molecule has 94 valence electrons. The van der Waals surface area contributed by atoms with Crippen LogP contribution in [0, 0.1) is 5.82 Å². The standard InChI is InChI=1S/C13H17ClFNO/c14-10-5-4-9(11(15)8-10)7-12(16)13-3-1-2-6-17-13/h4-5,8,12-13H,1-3,6-7,16H2. The third-order valence-corrected chi connectivity index (χ3v) is 3.40. The molecule has 1 heterocycles. The van der Waals surface area contributed by atoms with Crippen molar-refractivity contribution >= 4 is 11.6 Å². The highest BCUT2D eigenvalue weighted by Gasteiger charge is 2.22. The first-order valence-electron chi connectivity index (χ1n) is 5.98. The van der Waals surface area contributed by atoms with Crippen molar-refractivity contribution in [2.45, 2.75) is 37.8 Å². The van der Waals surface area contributed by atoms with Crippen LogP contribution in [0.4, 0.5) is 4.39 Å². The lowest BCUT2D eigenvalue weighted by atomic mass is 9.96. The largest absolute Gasteiger partial charge is 0.377 e. The normalized spacial score (nSPS) is 22.4. The predicted molar refractivity (Wildman–Crippen MR) is 66.7 cm³/mol. The Hall–Kier alpha value is -0.640. The Morgan fingerprint density at radius 1 is 1.47 bits per heavy atom. The molecule has 2 N–H and O–H groups in total. The monoisotopic (exact) mass is 257 g/mol. The van der Waals surface area contributed by atoms with E-state index in [4.69, 9.17) is 22.1 Å². The molecule has 0 aromatic heterocycles. The van der Waals surface area contributed by atoms with E-state index < -0.39 is 0 Å². The fourth-order valence-electron chi connectivity index (χ4n) is 2.18. The van der Waals surface area contributed by atoms with Gasteiger partial charge in [-0.25, -0.2) is 4.39 Å². The predicted octanol–water partition coefficient (Wildman–Crippen LogP) is 2.92. The first-order valence-corrected chi connectivity index (χ1v) is 6.36. The second kappa shape index (κ2) is 5.80. The second-order valence-corrected chi connectivity index (χ2v) is 4.95. The van der Waals surface area contributed by atoms with E-state index in [1.165, 1.54) is 6.07 Å². The first kappa shape index (κ1) is 12.8. The van der Waals surface area contributed by atoms with Crippen LogP contribution in [-0.2, 0) is 11.2 Å². The minimum absolute atomic E-state index is 0.0545. The van der Waals surface area contributed by atoms with Crippen LogP contribution >= 0.6 is 11.6 Å². The first-order chi connectivity index (χ1) is 8.16. The lowest BCUT2D eigenvalue weighted by molar-refractivity contribution is 0.000511. The molecule has 2 unspecified atom stereocenters. The number of hydrogen-bond donors (Lipinski definition) is 1. The van der Waals surface area contributed by atoms with E-state index in [0.29, 0.717) is 17.0 Å². The van der Waals surface area contributed by atoms with Crippen molar-refractivity contribution in [1.29, 1.82) is 0 Å². The SMILES string of the molecule is NC(Cc1ccc(Cl)cc1F)C1CCCCO1. The Bertz CT molecular complexity index is 380. The molecule has 0 saturated carbocycles. The maximum Gasteiger partial charge on any atom is 0.127 e. The molecule has 1 saturated heterocycles. The van der Waals surface area contributed by atoms with Gasteiger partial charge in [-0.15, -0.1) is 0 Å². The van der Waals surface area contributed by atoms with E-state index in [-0.39, 0.29) is 18.0 Å². The van der Waals surface area contributed by atoms with Crippen molar-refractivity contribution in [3.63, 3.8) is 0 Å². The average Bonchev–Trinajstić information content (AvgIpc) is 2.34. The lowest BCUT2D eigenvalue weighted by Crippen LogP contribution is -2.40. The summed E-state index contributed by atoms with van der Waals surface area (Å²) >= 11 is 5.71. The minimum atomic E-state index is -0.288. The zero-order chi connectivity index (χ0) is 12.3. The molecule has 1 aromatic rings. The molecule has 0 radical (unpaired) electrons. The highest BCUT2D eigenvalue weighted by Crippen LogP contribution is 2.20. The van der Waals surface area contributed by atoms with E-state index in [1.807, 2.05) is 0 Å². The Labute approximate surface area is 106 Å². The zero-order valence-corrected chi connectivity index (χ0v) is 10.4. The number of hydrogen-bond acceptors (Lipinski definition) is 2. The molecule has 2 atom stereocenters. The summed E-state index contributed by atoms with van der Waals surface area (Å²) in [5, 5.41) is 0.411.